The van der Waals surface area contributed by atoms with Crippen LogP contribution in [0, 0.1) is 33.1 Å². The van der Waals surface area contributed by atoms with Gasteiger partial charge in [-0.3, -0.25) is 42.6 Å². The average molecular weight is 1400 g/mol. The Labute approximate surface area is 584 Å². The Kier molecular flexibility index (Phi) is 34.5. The van der Waals surface area contributed by atoms with Crippen LogP contribution in [0.15, 0.2) is 109 Å². The van der Waals surface area contributed by atoms with Crippen LogP contribution in [0.4, 0.5) is 4.79 Å². The molecule has 0 aliphatic heterocycles. The second-order valence-corrected chi connectivity index (χ2v) is 27.4. The Balaban J connectivity index is 0.000000298. The van der Waals surface area contributed by atoms with E-state index in [-0.39, 0.29) is 49.8 Å². The lowest BCUT2D eigenvalue weighted by molar-refractivity contribution is -0.154. The van der Waals surface area contributed by atoms with Gasteiger partial charge in [0.25, 0.3) is 17.7 Å². The van der Waals surface area contributed by atoms with E-state index >= 15 is 0 Å². The van der Waals surface area contributed by atoms with Crippen molar-refractivity contribution in [3.8, 4) is 12.3 Å². The number of alkyl carbamates (subject to hydrolysis) is 1. The molecular formula is C68H96N22O9S. The topological polar surface area (TPSA) is 388 Å². The van der Waals surface area contributed by atoms with Gasteiger partial charge in [0.2, 0.25) is 0 Å². The summed E-state index contributed by atoms with van der Waals surface area (Å²) in [4.78, 5) is 61.9. The molecule has 8 aromatic rings. The molecule has 100 heavy (non-hydrogen) atoms. The highest BCUT2D eigenvalue weighted by atomic mass is 32.2. The number of ether oxygens (including phenoxy) is 2. The molecule has 0 aliphatic carbocycles. The molecule has 32 heteroatoms. The van der Waals surface area contributed by atoms with Gasteiger partial charge < -0.3 is 30.7 Å². The summed E-state index contributed by atoms with van der Waals surface area (Å²) in [5.41, 5.74) is 16.2. The Morgan fingerprint density at radius 1 is 0.540 bits per heavy atom. The van der Waals surface area contributed by atoms with Gasteiger partial charge in [-0.15, -0.1) is 31.9 Å². The van der Waals surface area contributed by atoms with Crippen LogP contribution in [0.2, 0.25) is 0 Å². The third-order valence-electron chi connectivity index (χ3n) is 13.6. The minimum Gasteiger partial charge on any atom is -0.460 e. The molecule has 0 atom stereocenters. The number of aromatic nitrogens is 15. The normalized spacial score (nSPS) is 10.9. The maximum atomic E-state index is 12.3. The highest BCUT2D eigenvalue weighted by Gasteiger charge is 2.19. The van der Waals surface area contributed by atoms with Crippen molar-refractivity contribution in [1.29, 1.82) is 0 Å². The number of carbonyl (C=O) groups is 5. The minimum absolute atomic E-state index is 0. The number of rotatable bonds is 31. The number of hydrogen-bond acceptors (Lipinski definition) is 20. The standard InChI is InChI=1S/C24H33N7O3.C20H27N7O3S.C15H19N7O.C8H13NO2.CH4/c1-18-8-7-9-19(14-18)15-25-23(33)21-17-31(29-27-21)13-6-5-12-30-16-20(26-28-30)10-11-22(32)34-24(2,3)4;1-16-6-5-7-17(12-16)13-21-20(28)19-15-27(25-23-19)10-4-3-9-26-14-18(22-24-26)8-11-31(2,29)30;1-12-5-4-6-13(9-12)10-17-15(23)14-11-22(21-19-14)8-3-2-7-18-20-16;1-5-6-9-7(10)11-8(2,3)4;/h7-9,14,16-17H,5-6,10-13,15H2,1-4H3,(H,25,33);5-7,12,14-15H,3-4,8-11,13H2,1-2H3,(H,21,28);4-6,9,11H,2-3,7-8,10H2,1H3,(H,17,23);1H,6H2,2-4H3,(H,9,10);1H4. The molecule has 0 saturated carbocycles. The van der Waals surface area contributed by atoms with Gasteiger partial charge in [0.1, 0.15) is 21.0 Å². The minimum atomic E-state index is -3.01. The second-order valence-electron chi connectivity index (χ2n) is 25.2. The van der Waals surface area contributed by atoms with E-state index in [1.165, 1.54) is 6.26 Å². The molecule has 0 aliphatic rings. The van der Waals surface area contributed by atoms with Gasteiger partial charge in [-0.05, 0) is 123 Å². The number of azide groups is 1. The Hall–Kier alpha value is -10.7. The van der Waals surface area contributed by atoms with Gasteiger partial charge in [-0.25, -0.2) is 13.2 Å². The summed E-state index contributed by atoms with van der Waals surface area (Å²) in [7, 11) is -3.01. The molecule has 3 aromatic carbocycles. The van der Waals surface area contributed by atoms with Gasteiger partial charge in [-0.2, -0.15) is 0 Å². The number of aryl methyl sites for hydroxylation is 10. The molecule has 31 nitrogen and oxygen atoms in total. The summed E-state index contributed by atoms with van der Waals surface area (Å²) in [5.74, 6) is 1.37. The van der Waals surface area contributed by atoms with Crippen LogP contribution in [0.3, 0.4) is 0 Å². The first-order valence-electron chi connectivity index (χ1n) is 32.4. The summed E-state index contributed by atoms with van der Waals surface area (Å²) >= 11 is 0. The van der Waals surface area contributed by atoms with Crippen molar-refractivity contribution in [1.82, 2.24) is 96.2 Å². The van der Waals surface area contributed by atoms with Gasteiger partial charge >= 0.3 is 12.1 Å². The number of benzene rings is 3. The molecule has 0 radical (unpaired) electrons. The summed E-state index contributed by atoms with van der Waals surface area (Å²) in [6.07, 6.45) is 20.3. The predicted molar refractivity (Wildman–Crippen MR) is 376 cm³/mol. The number of amides is 4. The van der Waals surface area contributed by atoms with Crippen LogP contribution in [0.25, 0.3) is 10.4 Å². The van der Waals surface area contributed by atoms with Gasteiger partial charge in [0.05, 0.1) is 48.7 Å². The largest absolute Gasteiger partial charge is 0.460 e. The van der Waals surface area contributed by atoms with Crippen molar-refractivity contribution < 1.29 is 41.9 Å². The first kappa shape index (κ1) is 81.8. The lowest BCUT2D eigenvalue weighted by Crippen LogP contribution is -2.32. The number of sulfone groups is 1. The molecule has 0 bridgehead atoms. The van der Waals surface area contributed by atoms with Crippen molar-refractivity contribution in [3.63, 3.8) is 0 Å². The molecule has 0 unspecified atom stereocenters. The molecule has 4 N–H and O–H groups in total. The Bertz CT molecular complexity index is 4050. The summed E-state index contributed by atoms with van der Waals surface area (Å²) in [6.45, 7) is 22.3. The zero-order chi connectivity index (χ0) is 72.2. The predicted octanol–water partition coefficient (Wildman–Crippen LogP) is 8.43. The Morgan fingerprint density at radius 3 is 1.25 bits per heavy atom. The average Bonchev–Trinajstić information content (AvgIpc) is 1.75. The summed E-state index contributed by atoms with van der Waals surface area (Å²) < 4.78 is 41.1. The molecule has 8 rings (SSSR count). The molecule has 538 valence electrons. The molecule has 4 amide bonds. The van der Waals surface area contributed by atoms with E-state index < -0.39 is 27.1 Å². The number of carbonyl (C=O) groups excluding carboxylic acids is 5. The number of esters is 1. The van der Waals surface area contributed by atoms with Crippen molar-refractivity contribution in [3.05, 3.63) is 176 Å². The SMILES string of the molecule is C.C#CCNC(=O)OC(C)(C)C.Cc1cccc(CNC(=O)c2cn(CCCCN=[N+]=[N-])nn2)c1.Cc1cccc(CNC(=O)c2cn(CCCCn3cc(CCC(=O)OC(C)(C)C)nn3)nn2)c1.Cc1cccc(CNC(=O)c2cn(CCCCn3cc(CCS(C)(=O)=O)nn3)nn2)c1. The van der Waals surface area contributed by atoms with E-state index in [0.717, 1.165) is 77.6 Å². The van der Waals surface area contributed by atoms with Crippen molar-refractivity contribution >= 4 is 39.6 Å². The maximum Gasteiger partial charge on any atom is 0.408 e. The van der Waals surface area contributed by atoms with Crippen LogP contribution in [-0.2, 0) is 89.3 Å². The Morgan fingerprint density at radius 2 is 0.900 bits per heavy atom. The van der Waals surface area contributed by atoms with E-state index in [0.29, 0.717) is 94.5 Å². The number of unbranched alkanes of at least 4 members (excludes halogenated alkanes) is 3. The third kappa shape index (κ3) is 34.5. The molecule has 5 aromatic heterocycles. The zero-order valence-corrected chi connectivity index (χ0v) is 59.0. The number of nitrogens with one attached hydrogen (secondary N) is 4. The van der Waals surface area contributed by atoms with E-state index in [9.17, 15) is 32.4 Å². The first-order chi connectivity index (χ1) is 47.1. The fourth-order valence-corrected chi connectivity index (χ4v) is 9.47. The fourth-order valence-electron chi connectivity index (χ4n) is 8.89. The van der Waals surface area contributed by atoms with E-state index in [1.54, 1.807) is 69.0 Å². The molecular weight excluding hydrogens is 1300 g/mol. The summed E-state index contributed by atoms with van der Waals surface area (Å²) in [6, 6.07) is 23.9. The number of terminal acetylenes is 1. The van der Waals surface area contributed by atoms with Crippen LogP contribution < -0.4 is 21.3 Å². The van der Waals surface area contributed by atoms with E-state index in [1.807, 2.05) is 121 Å². The second kappa shape index (κ2) is 42.2. The zero-order valence-electron chi connectivity index (χ0n) is 58.2. The third-order valence-corrected chi connectivity index (χ3v) is 14.5. The number of nitrogens with zero attached hydrogens (tertiary/aromatic N) is 18. The highest BCUT2D eigenvalue weighted by molar-refractivity contribution is 7.90. The smallest absolute Gasteiger partial charge is 0.408 e. The van der Waals surface area contributed by atoms with Gasteiger partial charge in [0, 0.05) is 95.3 Å². The van der Waals surface area contributed by atoms with Crippen LogP contribution in [-0.4, -0.2) is 149 Å². The van der Waals surface area contributed by atoms with Gasteiger partial charge in [0.15, 0.2) is 17.1 Å². The lowest BCUT2D eigenvalue weighted by atomic mass is 10.1. The van der Waals surface area contributed by atoms with Crippen molar-refractivity contribution in [2.75, 3.05) is 25.1 Å². The highest BCUT2D eigenvalue weighted by Crippen LogP contribution is 2.13. The van der Waals surface area contributed by atoms with Crippen LogP contribution in [0.1, 0.15) is 170 Å². The molecule has 0 saturated heterocycles. The van der Waals surface area contributed by atoms with Crippen molar-refractivity contribution in [2.24, 2.45) is 5.11 Å². The summed E-state index contributed by atoms with van der Waals surface area (Å²) in [5, 5.41) is 54.5. The van der Waals surface area contributed by atoms with Crippen LogP contribution in [0.5, 0.6) is 0 Å². The van der Waals surface area contributed by atoms with E-state index in [2.05, 4.69) is 88.8 Å². The van der Waals surface area contributed by atoms with Crippen molar-refractivity contribution in [2.45, 2.75) is 191 Å². The maximum absolute atomic E-state index is 12.3. The quantitative estimate of drug-likeness (QED) is 0.00790. The molecule has 0 fully saturated rings. The fraction of sp³-hybridized carbons (Fsp3) is 0.485. The van der Waals surface area contributed by atoms with Gasteiger partial charge in [-0.1, -0.05) is 134 Å². The van der Waals surface area contributed by atoms with E-state index in [4.69, 9.17) is 21.4 Å². The van der Waals surface area contributed by atoms with Crippen LogP contribution >= 0.6 is 0 Å². The monoisotopic (exact) mass is 1400 g/mol. The molecule has 5 heterocycles. The molecule has 0 spiro atoms. The number of hydrogen-bond donors (Lipinski definition) is 4. The lowest BCUT2D eigenvalue weighted by Gasteiger charge is -2.19. The first-order valence-corrected chi connectivity index (χ1v) is 34.5.